The maximum atomic E-state index is 12.7. The smallest absolute Gasteiger partial charge is 0.391 e. The average molecular weight is 691 g/mol. The monoisotopic (exact) mass is 691 g/mol. The van der Waals surface area contributed by atoms with Gasteiger partial charge in [-0.1, -0.05) is 187 Å². The minimum atomic E-state index is -4.30. The summed E-state index contributed by atoms with van der Waals surface area (Å²) in [5.74, 6) is -0.161. The molecule has 0 saturated heterocycles. The maximum Gasteiger partial charge on any atom is 0.472 e. The number of hydrogen-bond acceptors (Lipinski definition) is 6. The van der Waals surface area contributed by atoms with Crippen molar-refractivity contribution < 1.29 is 28.4 Å². The zero-order valence-corrected chi connectivity index (χ0v) is 31.9. The first-order valence-corrected chi connectivity index (χ1v) is 21.6. The van der Waals surface area contributed by atoms with Crippen molar-refractivity contribution >= 4 is 13.7 Å². The number of carbonyl (C=O) groups excluding carboxylic acids is 1. The van der Waals surface area contributed by atoms with Crippen LogP contribution >= 0.6 is 7.82 Å². The second kappa shape index (κ2) is 35.3. The van der Waals surface area contributed by atoms with E-state index in [2.05, 4.69) is 19.2 Å². The number of carbonyl (C=O) groups is 1. The van der Waals surface area contributed by atoms with Gasteiger partial charge in [0.1, 0.15) is 0 Å². The molecule has 3 atom stereocenters. The molecule has 0 fully saturated rings. The number of phosphoric acid groups is 1. The lowest BCUT2D eigenvalue weighted by molar-refractivity contribution is -0.123. The van der Waals surface area contributed by atoms with Gasteiger partial charge in [-0.05, 0) is 12.8 Å². The lowest BCUT2D eigenvalue weighted by Gasteiger charge is -2.25. The number of unbranched alkanes of at least 4 members (excludes halogenated alkanes) is 26. The summed E-state index contributed by atoms with van der Waals surface area (Å²) in [7, 11) is -4.30. The van der Waals surface area contributed by atoms with Crippen LogP contribution in [-0.4, -0.2) is 47.8 Å². The number of aliphatic hydroxyl groups is 1. The highest BCUT2D eigenvalue weighted by molar-refractivity contribution is 7.47. The molecule has 0 rings (SSSR count). The molecular formula is C38H79N2O6P. The molecule has 0 saturated carbocycles. The molecule has 9 heteroatoms. The first-order valence-electron chi connectivity index (χ1n) is 20.2. The standard InChI is InChI=1S/C38H79N2O6P/c1-3-5-7-9-11-13-15-16-17-18-19-20-22-23-25-27-29-31-37(41)36(35-46-47(43,44)45-34-33-39)40-38(42)32-30-28-26-24-21-14-12-10-8-6-4-2/h36-37,41H,3-35,39H2,1-2H3,(H,40,42)(H,43,44)/t36-,37+/m0/s1. The number of phosphoric ester groups is 1. The van der Waals surface area contributed by atoms with Gasteiger partial charge in [-0.25, -0.2) is 4.57 Å². The Balaban J connectivity index is 4.15. The van der Waals surface area contributed by atoms with Gasteiger partial charge < -0.3 is 21.1 Å². The number of nitrogens with one attached hydrogen (secondary N) is 1. The SMILES string of the molecule is CCCCCCCCCCCCCCCCCCC[C@@H](O)[C@H](COP(=O)(O)OCCN)NC(=O)CCCCCCCCCCCCC. The normalized spacial score (nSPS) is 14.2. The van der Waals surface area contributed by atoms with Crippen LogP contribution in [0.5, 0.6) is 0 Å². The number of amides is 1. The number of hydrogen-bond donors (Lipinski definition) is 4. The molecule has 0 radical (unpaired) electrons. The van der Waals surface area contributed by atoms with Crippen molar-refractivity contribution in [2.24, 2.45) is 5.73 Å². The predicted molar refractivity (Wildman–Crippen MR) is 199 cm³/mol. The van der Waals surface area contributed by atoms with Crippen molar-refractivity contribution in [3.8, 4) is 0 Å². The lowest BCUT2D eigenvalue weighted by Crippen LogP contribution is -2.46. The first-order chi connectivity index (χ1) is 22.9. The first kappa shape index (κ1) is 46.5. The molecule has 282 valence electrons. The number of rotatable bonds is 38. The van der Waals surface area contributed by atoms with Gasteiger partial charge in [0.15, 0.2) is 0 Å². The number of nitrogens with two attached hydrogens (primary N) is 1. The maximum absolute atomic E-state index is 12.7. The molecule has 1 unspecified atom stereocenters. The molecule has 8 nitrogen and oxygen atoms in total. The van der Waals surface area contributed by atoms with E-state index in [0.29, 0.717) is 12.8 Å². The van der Waals surface area contributed by atoms with Gasteiger partial charge >= 0.3 is 7.82 Å². The van der Waals surface area contributed by atoms with Crippen LogP contribution in [0.4, 0.5) is 0 Å². The quantitative estimate of drug-likeness (QED) is 0.0374. The summed E-state index contributed by atoms with van der Waals surface area (Å²) in [5.41, 5.74) is 5.36. The van der Waals surface area contributed by atoms with Crippen molar-refractivity contribution in [3.63, 3.8) is 0 Å². The third-order valence-corrected chi connectivity index (χ3v) is 10.2. The Kier molecular flexibility index (Phi) is 35.0. The zero-order valence-electron chi connectivity index (χ0n) is 31.0. The summed E-state index contributed by atoms with van der Waals surface area (Å²) in [6.07, 6.45) is 35.3. The topological polar surface area (TPSA) is 131 Å². The molecule has 1 amide bonds. The second-order valence-corrected chi connectivity index (χ2v) is 15.3. The summed E-state index contributed by atoms with van der Waals surface area (Å²) >= 11 is 0. The van der Waals surface area contributed by atoms with Gasteiger partial charge in [-0.2, -0.15) is 0 Å². The van der Waals surface area contributed by atoms with Crippen molar-refractivity contribution in [1.29, 1.82) is 0 Å². The zero-order chi connectivity index (χ0) is 34.7. The fraction of sp³-hybridized carbons (Fsp3) is 0.974. The van der Waals surface area contributed by atoms with Crippen molar-refractivity contribution in [2.45, 2.75) is 219 Å². The molecule has 0 aliphatic heterocycles. The summed E-state index contributed by atoms with van der Waals surface area (Å²) in [6.45, 7) is 4.21. The van der Waals surface area contributed by atoms with Gasteiger partial charge in [0, 0.05) is 13.0 Å². The molecule has 5 N–H and O–H groups in total. The Hall–Kier alpha value is -0.500. The van der Waals surface area contributed by atoms with E-state index in [4.69, 9.17) is 14.8 Å². The average Bonchev–Trinajstić information content (AvgIpc) is 3.05. The Morgan fingerprint density at radius 3 is 1.36 bits per heavy atom. The van der Waals surface area contributed by atoms with Gasteiger partial charge in [0.25, 0.3) is 0 Å². The third kappa shape index (κ3) is 33.8. The molecule has 0 heterocycles. The van der Waals surface area contributed by atoms with E-state index >= 15 is 0 Å². The van der Waals surface area contributed by atoms with E-state index < -0.39 is 20.0 Å². The molecule has 0 aliphatic rings. The molecular weight excluding hydrogens is 611 g/mol. The van der Waals surface area contributed by atoms with Crippen molar-refractivity contribution in [1.82, 2.24) is 5.32 Å². The van der Waals surface area contributed by atoms with Crippen LogP contribution < -0.4 is 11.1 Å². The van der Waals surface area contributed by atoms with E-state index in [9.17, 15) is 19.4 Å². The highest BCUT2D eigenvalue weighted by atomic mass is 31.2. The Bertz CT molecular complexity index is 714. The summed E-state index contributed by atoms with van der Waals surface area (Å²) in [5, 5.41) is 13.8. The van der Waals surface area contributed by atoms with Crippen LogP contribution in [0, 0.1) is 0 Å². The molecule has 0 spiro atoms. The van der Waals surface area contributed by atoms with Gasteiger partial charge in [-0.15, -0.1) is 0 Å². The van der Waals surface area contributed by atoms with Gasteiger partial charge in [0.2, 0.25) is 5.91 Å². The van der Waals surface area contributed by atoms with Crippen LogP contribution in [-0.2, 0) is 18.4 Å². The lowest BCUT2D eigenvalue weighted by atomic mass is 10.0. The van der Waals surface area contributed by atoms with Gasteiger partial charge in [0.05, 0.1) is 25.4 Å². The molecule has 47 heavy (non-hydrogen) atoms. The van der Waals surface area contributed by atoms with Crippen LogP contribution in [0.2, 0.25) is 0 Å². The molecule has 0 aromatic rings. The van der Waals surface area contributed by atoms with E-state index in [1.165, 1.54) is 141 Å². The van der Waals surface area contributed by atoms with Crippen molar-refractivity contribution in [3.05, 3.63) is 0 Å². The largest absolute Gasteiger partial charge is 0.472 e. The molecule has 0 aromatic carbocycles. The highest BCUT2D eigenvalue weighted by Gasteiger charge is 2.27. The Morgan fingerprint density at radius 1 is 0.617 bits per heavy atom. The van der Waals surface area contributed by atoms with Crippen LogP contribution in [0.1, 0.15) is 206 Å². The minimum Gasteiger partial charge on any atom is -0.391 e. The fourth-order valence-electron chi connectivity index (χ4n) is 6.14. The fourth-order valence-corrected chi connectivity index (χ4v) is 6.90. The highest BCUT2D eigenvalue weighted by Crippen LogP contribution is 2.43. The van der Waals surface area contributed by atoms with Crippen LogP contribution in [0.15, 0.2) is 0 Å². The van der Waals surface area contributed by atoms with Crippen molar-refractivity contribution in [2.75, 3.05) is 19.8 Å². The van der Waals surface area contributed by atoms with Crippen LogP contribution in [0.3, 0.4) is 0 Å². The Morgan fingerprint density at radius 2 is 0.979 bits per heavy atom. The predicted octanol–water partition coefficient (Wildman–Crippen LogP) is 10.7. The Labute approximate surface area is 291 Å². The molecule has 0 bridgehead atoms. The van der Waals surface area contributed by atoms with E-state index in [1.54, 1.807) is 0 Å². The summed E-state index contributed by atoms with van der Waals surface area (Å²) < 4.78 is 22.1. The second-order valence-electron chi connectivity index (χ2n) is 13.9. The summed E-state index contributed by atoms with van der Waals surface area (Å²) in [6, 6.07) is -0.766. The van der Waals surface area contributed by atoms with Gasteiger partial charge in [-0.3, -0.25) is 13.8 Å². The minimum absolute atomic E-state index is 0.0922. The molecule has 0 aromatic heterocycles. The number of aliphatic hydroxyl groups excluding tert-OH is 1. The summed E-state index contributed by atoms with van der Waals surface area (Å²) in [4.78, 5) is 22.6. The van der Waals surface area contributed by atoms with E-state index in [-0.39, 0.29) is 25.7 Å². The van der Waals surface area contributed by atoms with E-state index in [1.807, 2.05) is 0 Å². The molecule has 0 aliphatic carbocycles. The third-order valence-electron chi connectivity index (χ3n) is 9.21. The van der Waals surface area contributed by atoms with Crippen LogP contribution in [0.25, 0.3) is 0 Å². The van der Waals surface area contributed by atoms with E-state index in [0.717, 1.165) is 38.5 Å².